The minimum absolute atomic E-state index is 0.545. The van der Waals surface area contributed by atoms with E-state index in [1.807, 2.05) is 45.5 Å². The van der Waals surface area contributed by atoms with Gasteiger partial charge >= 0.3 is 0 Å². The molecule has 0 bridgehead atoms. The second kappa shape index (κ2) is 5.46. The lowest BCUT2D eigenvalue weighted by molar-refractivity contribution is 0.391. The predicted molar refractivity (Wildman–Crippen MR) is 92.0 cm³/mol. The highest BCUT2D eigenvalue weighted by atomic mass is 32.2. The van der Waals surface area contributed by atoms with Crippen LogP contribution in [-0.2, 0) is 5.75 Å². The fourth-order valence-corrected chi connectivity index (χ4v) is 3.92. The van der Waals surface area contributed by atoms with Crippen LogP contribution in [0.3, 0.4) is 0 Å². The molecule has 1 aromatic carbocycles. The van der Waals surface area contributed by atoms with Crippen molar-refractivity contribution in [2.24, 2.45) is 0 Å². The van der Waals surface area contributed by atoms with Gasteiger partial charge in [-0.2, -0.15) is 16.3 Å². The lowest BCUT2D eigenvalue weighted by Crippen LogP contribution is -1.87. The molecule has 24 heavy (non-hydrogen) atoms. The van der Waals surface area contributed by atoms with Crippen molar-refractivity contribution in [2.45, 2.75) is 10.9 Å². The van der Waals surface area contributed by atoms with Gasteiger partial charge in [-0.25, -0.2) is 10.1 Å². The molecule has 0 aliphatic heterocycles. The number of nitrogens with zero attached hydrogens (tertiary/aromatic N) is 5. The number of thioether (sulfide) groups is 1. The van der Waals surface area contributed by atoms with E-state index in [0.29, 0.717) is 17.5 Å². The van der Waals surface area contributed by atoms with Crippen molar-refractivity contribution in [2.75, 3.05) is 0 Å². The summed E-state index contributed by atoms with van der Waals surface area (Å²) >= 11 is 3.13. The highest BCUT2D eigenvalue weighted by molar-refractivity contribution is 7.98. The van der Waals surface area contributed by atoms with E-state index in [4.69, 9.17) is 4.52 Å². The molecule has 0 atom stereocenters. The zero-order valence-electron chi connectivity index (χ0n) is 12.2. The van der Waals surface area contributed by atoms with Crippen LogP contribution in [0.5, 0.6) is 0 Å². The molecule has 0 saturated carbocycles. The fourth-order valence-electron chi connectivity index (χ4n) is 2.49. The minimum Gasteiger partial charge on any atom is -0.338 e. The number of H-pyrrole nitrogens is 1. The Morgan fingerprint density at radius 2 is 2.17 bits per heavy atom. The highest BCUT2D eigenvalue weighted by Gasteiger charge is 2.14. The van der Waals surface area contributed by atoms with E-state index in [1.54, 1.807) is 11.3 Å². The Morgan fingerprint density at radius 3 is 3.08 bits per heavy atom. The van der Waals surface area contributed by atoms with Gasteiger partial charge in [-0.1, -0.05) is 29.1 Å². The number of aromatic nitrogens is 6. The predicted octanol–water partition coefficient (Wildman–Crippen LogP) is 3.61. The van der Waals surface area contributed by atoms with Crippen molar-refractivity contribution >= 4 is 39.9 Å². The van der Waals surface area contributed by atoms with Crippen LogP contribution in [0.25, 0.3) is 28.2 Å². The number of thiophene rings is 1. The Hall–Kier alpha value is -2.65. The lowest BCUT2D eigenvalue weighted by atomic mass is 10.3. The molecule has 0 amide bonds. The van der Waals surface area contributed by atoms with Gasteiger partial charge < -0.3 is 4.52 Å². The van der Waals surface area contributed by atoms with Gasteiger partial charge in [-0.15, -0.1) is 5.10 Å². The average Bonchev–Trinajstić information content (AvgIpc) is 3.36. The summed E-state index contributed by atoms with van der Waals surface area (Å²) in [6.45, 7) is 0. The van der Waals surface area contributed by atoms with Gasteiger partial charge in [-0.05, 0) is 23.6 Å². The summed E-state index contributed by atoms with van der Waals surface area (Å²) in [5.74, 6) is 2.46. The minimum atomic E-state index is 0.545. The van der Waals surface area contributed by atoms with E-state index in [0.717, 1.165) is 27.5 Å². The van der Waals surface area contributed by atoms with E-state index in [1.165, 1.54) is 11.8 Å². The summed E-state index contributed by atoms with van der Waals surface area (Å²) in [7, 11) is 0. The van der Waals surface area contributed by atoms with E-state index < -0.39 is 0 Å². The first-order valence-electron chi connectivity index (χ1n) is 7.18. The maximum absolute atomic E-state index is 5.33. The number of aromatic amines is 1. The third kappa shape index (κ3) is 2.21. The van der Waals surface area contributed by atoms with Crippen molar-refractivity contribution in [3.05, 3.63) is 47.0 Å². The van der Waals surface area contributed by atoms with Gasteiger partial charge in [-0.3, -0.25) is 4.40 Å². The summed E-state index contributed by atoms with van der Waals surface area (Å²) in [5, 5.41) is 16.1. The third-order valence-corrected chi connectivity index (χ3v) is 5.18. The Bertz CT molecular complexity index is 1120. The van der Waals surface area contributed by atoms with E-state index in [2.05, 4.69) is 25.3 Å². The fraction of sp³-hybridized carbons (Fsp3) is 0.0667. The number of hydrogen-bond donors (Lipinski definition) is 1. The Morgan fingerprint density at radius 1 is 1.21 bits per heavy atom. The van der Waals surface area contributed by atoms with Crippen molar-refractivity contribution in [1.29, 1.82) is 0 Å². The van der Waals surface area contributed by atoms with Crippen LogP contribution in [0.1, 0.15) is 5.89 Å². The molecule has 0 unspecified atom stereocenters. The first-order chi connectivity index (χ1) is 11.9. The third-order valence-electron chi connectivity index (χ3n) is 3.58. The first-order valence-corrected chi connectivity index (χ1v) is 9.11. The Kier molecular flexibility index (Phi) is 3.13. The smallest absolute Gasteiger partial charge is 0.237 e. The van der Waals surface area contributed by atoms with Gasteiger partial charge in [0.05, 0.1) is 16.8 Å². The summed E-state index contributed by atoms with van der Waals surface area (Å²) in [6.07, 6.45) is 0. The molecule has 0 aliphatic carbocycles. The number of fused-ring (bicyclic) bond motifs is 3. The molecular weight excluding hydrogens is 344 g/mol. The standard InChI is InChI=1S/C15H10N6OS2/c1-2-4-11-10(3-1)16-14-18-19-15(21(11)14)24-8-12-17-13(20-22-12)9-5-6-23-7-9/h1-7H,8H2,(H,16,18). The number of rotatable bonds is 4. The van der Waals surface area contributed by atoms with Crippen LogP contribution in [0.4, 0.5) is 0 Å². The molecule has 0 fully saturated rings. The zero-order valence-corrected chi connectivity index (χ0v) is 13.8. The SMILES string of the molecule is c1ccc2c(c1)nc1[nH]nc(SCc3nc(-c4ccsc4)no3)n12. The molecule has 4 heterocycles. The van der Waals surface area contributed by atoms with E-state index in [-0.39, 0.29) is 0 Å². The second-order valence-corrected chi connectivity index (χ2v) is 6.80. The summed E-state index contributed by atoms with van der Waals surface area (Å²) in [4.78, 5) is 8.94. The van der Waals surface area contributed by atoms with Gasteiger partial charge in [0.25, 0.3) is 0 Å². The van der Waals surface area contributed by atoms with Gasteiger partial charge in [0, 0.05) is 10.9 Å². The van der Waals surface area contributed by atoms with Crippen molar-refractivity contribution in [3.63, 3.8) is 0 Å². The van der Waals surface area contributed by atoms with E-state index in [9.17, 15) is 0 Å². The van der Waals surface area contributed by atoms with Crippen molar-refractivity contribution in [1.82, 2.24) is 29.7 Å². The average molecular weight is 354 g/mol. The van der Waals surface area contributed by atoms with Crippen molar-refractivity contribution in [3.8, 4) is 11.4 Å². The normalized spacial score (nSPS) is 11.7. The van der Waals surface area contributed by atoms with E-state index >= 15 is 0 Å². The van der Waals surface area contributed by atoms with Crippen molar-refractivity contribution < 1.29 is 4.52 Å². The van der Waals surface area contributed by atoms with Gasteiger partial charge in [0.15, 0.2) is 5.16 Å². The van der Waals surface area contributed by atoms with Gasteiger partial charge in [0.1, 0.15) is 0 Å². The first kappa shape index (κ1) is 13.8. The molecule has 4 aromatic heterocycles. The van der Waals surface area contributed by atoms with Crippen LogP contribution in [-0.4, -0.2) is 29.7 Å². The Labute approximate surface area is 143 Å². The molecule has 0 radical (unpaired) electrons. The molecule has 7 nitrogen and oxygen atoms in total. The maximum Gasteiger partial charge on any atom is 0.237 e. The van der Waals surface area contributed by atoms with Gasteiger partial charge in [0.2, 0.25) is 17.5 Å². The number of benzene rings is 1. The van der Waals surface area contributed by atoms with Crippen LogP contribution in [0.2, 0.25) is 0 Å². The van der Waals surface area contributed by atoms with Crippen LogP contribution >= 0.6 is 23.1 Å². The Balaban J connectivity index is 1.43. The quantitative estimate of drug-likeness (QED) is 0.496. The molecule has 0 aliphatic rings. The summed E-state index contributed by atoms with van der Waals surface area (Å²) in [6, 6.07) is 9.94. The van der Waals surface area contributed by atoms with Crippen LogP contribution < -0.4 is 0 Å². The topological polar surface area (TPSA) is 84.9 Å². The van der Waals surface area contributed by atoms with Crippen LogP contribution in [0.15, 0.2) is 50.8 Å². The molecule has 5 aromatic rings. The lowest BCUT2D eigenvalue weighted by Gasteiger charge is -1.96. The summed E-state index contributed by atoms with van der Waals surface area (Å²) < 4.78 is 7.32. The number of para-hydroxylation sites is 2. The number of hydrogen-bond acceptors (Lipinski definition) is 7. The maximum atomic E-state index is 5.33. The molecule has 5 rings (SSSR count). The largest absolute Gasteiger partial charge is 0.338 e. The molecular formula is C15H10N6OS2. The zero-order chi connectivity index (χ0) is 15.9. The molecule has 0 spiro atoms. The number of imidazole rings is 1. The molecule has 118 valence electrons. The van der Waals surface area contributed by atoms with Crippen LogP contribution in [0, 0.1) is 0 Å². The molecule has 1 N–H and O–H groups in total. The number of nitrogens with one attached hydrogen (secondary N) is 1. The molecule has 9 heteroatoms. The summed E-state index contributed by atoms with van der Waals surface area (Å²) in [5.41, 5.74) is 2.93. The molecule has 0 saturated heterocycles. The monoisotopic (exact) mass is 354 g/mol. The highest BCUT2D eigenvalue weighted by Crippen LogP contribution is 2.26. The second-order valence-electron chi connectivity index (χ2n) is 5.08.